The lowest BCUT2D eigenvalue weighted by molar-refractivity contribution is 0.0772. The monoisotopic (exact) mass is 368 g/mol. The maximum absolute atomic E-state index is 12.9. The van der Waals surface area contributed by atoms with Crippen molar-refractivity contribution >= 4 is 5.91 Å². The largest absolute Gasteiger partial charge is 0.489 e. The summed E-state index contributed by atoms with van der Waals surface area (Å²) in [5.41, 5.74) is 3.01. The highest BCUT2D eigenvalue weighted by molar-refractivity contribution is 5.93. The van der Waals surface area contributed by atoms with Gasteiger partial charge in [-0.1, -0.05) is 23.4 Å². The minimum Gasteiger partial charge on any atom is -0.489 e. The maximum atomic E-state index is 12.9. The zero-order valence-corrected chi connectivity index (χ0v) is 16.1. The lowest BCUT2D eigenvalue weighted by Gasteiger charge is -2.16. The Morgan fingerprint density at radius 1 is 1.26 bits per heavy atom. The third kappa shape index (κ3) is 4.02. The lowest BCUT2D eigenvalue weighted by Crippen LogP contribution is -2.27. The number of aromatic nitrogens is 3. The third-order valence-corrected chi connectivity index (χ3v) is 4.57. The van der Waals surface area contributed by atoms with Crippen LogP contribution in [0.15, 0.2) is 41.1 Å². The van der Waals surface area contributed by atoms with Crippen LogP contribution in [0.2, 0.25) is 0 Å². The summed E-state index contributed by atoms with van der Waals surface area (Å²) in [5.74, 6) is 1.10. The van der Waals surface area contributed by atoms with Gasteiger partial charge in [-0.2, -0.15) is 5.10 Å². The fourth-order valence-corrected chi connectivity index (χ4v) is 2.87. The van der Waals surface area contributed by atoms with E-state index in [0.29, 0.717) is 17.9 Å². The quantitative estimate of drug-likeness (QED) is 0.639. The second kappa shape index (κ2) is 8.07. The summed E-state index contributed by atoms with van der Waals surface area (Å²) in [4.78, 5) is 14.5. The van der Waals surface area contributed by atoms with E-state index in [1.54, 1.807) is 25.1 Å². The number of carbonyl (C=O) groups excluding carboxylic acids is 1. The van der Waals surface area contributed by atoms with Gasteiger partial charge in [0.2, 0.25) is 0 Å². The molecule has 7 nitrogen and oxygen atoms in total. The molecule has 0 spiro atoms. The summed E-state index contributed by atoms with van der Waals surface area (Å²) in [6.07, 6.45) is 1.80. The molecule has 2 heterocycles. The van der Waals surface area contributed by atoms with Crippen molar-refractivity contribution in [2.75, 3.05) is 7.05 Å². The van der Waals surface area contributed by atoms with Gasteiger partial charge in [-0.25, -0.2) is 0 Å². The number of para-hydroxylation sites is 1. The number of aryl methyl sites for hydroxylation is 2. The molecule has 7 heteroatoms. The van der Waals surface area contributed by atoms with Gasteiger partial charge in [-0.05, 0) is 32.9 Å². The zero-order chi connectivity index (χ0) is 19.4. The highest BCUT2D eigenvalue weighted by atomic mass is 16.5. The van der Waals surface area contributed by atoms with E-state index in [1.165, 1.54) is 0 Å². The molecule has 3 aromatic rings. The first kappa shape index (κ1) is 18.7. The fourth-order valence-electron chi connectivity index (χ4n) is 2.87. The molecule has 1 aromatic carbocycles. The van der Waals surface area contributed by atoms with Crippen LogP contribution < -0.4 is 4.74 Å². The molecular weight excluding hydrogens is 344 g/mol. The summed E-state index contributed by atoms with van der Waals surface area (Å²) < 4.78 is 12.9. The number of nitrogens with zero attached hydrogens (tertiary/aromatic N) is 4. The van der Waals surface area contributed by atoms with Gasteiger partial charge >= 0.3 is 0 Å². The summed E-state index contributed by atoms with van der Waals surface area (Å²) in [5, 5.41) is 8.30. The van der Waals surface area contributed by atoms with E-state index in [0.717, 1.165) is 23.6 Å². The fraction of sp³-hybridized carbons (Fsp3) is 0.350. The predicted molar refractivity (Wildman–Crippen MR) is 100 cm³/mol. The molecule has 0 atom stereocenters. The third-order valence-electron chi connectivity index (χ3n) is 4.57. The molecule has 1 amide bonds. The Hall–Kier alpha value is -3.09. The molecule has 0 aliphatic rings. The van der Waals surface area contributed by atoms with Crippen molar-refractivity contribution in [1.29, 1.82) is 0 Å². The van der Waals surface area contributed by atoms with Crippen molar-refractivity contribution in [2.24, 2.45) is 0 Å². The molecule has 0 unspecified atom stereocenters. The molecule has 0 aliphatic carbocycles. The first-order chi connectivity index (χ1) is 13.0. The Balaban J connectivity index is 1.73. The van der Waals surface area contributed by atoms with Gasteiger partial charge in [0.15, 0.2) is 5.69 Å². The van der Waals surface area contributed by atoms with Crippen molar-refractivity contribution in [1.82, 2.24) is 19.8 Å². The molecule has 3 rings (SSSR count). The summed E-state index contributed by atoms with van der Waals surface area (Å²) in [6.45, 7) is 7.30. The van der Waals surface area contributed by atoms with Crippen LogP contribution in [0.4, 0.5) is 0 Å². The van der Waals surface area contributed by atoms with E-state index in [9.17, 15) is 4.79 Å². The minimum absolute atomic E-state index is 0.206. The normalized spacial score (nSPS) is 10.8. The van der Waals surface area contributed by atoms with Crippen molar-refractivity contribution in [3.05, 3.63) is 64.8 Å². The lowest BCUT2D eigenvalue weighted by atomic mass is 10.1. The van der Waals surface area contributed by atoms with Crippen molar-refractivity contribution in [3.63, 3.8) is 0 Å². The number of ether oxygens (including phenoxy) is 1. The molecule has 0 aliphatic heterocycles. The smallest absolute Gasteiger partial charge is 0.276 e. The second-order valence-electron chi connectivity index (χ2n) is 6.40. The Morgan fingerprint density at radius 2 is 2.00 bits per heavy atom. The van der Waals surface area contributed by atoms with Gasteiger partial charge in [-0.15, -0.1) is 0 Å². The maximum Gasteiger partial charge on any atom is 0.276 e. The molecule has 2 aromatic heterocycles. The van der Waals surface area contributed by atoms with Crippen LogP contribution in [-0.2, 0) is 19.7 Å². The standard InChI is InChI=1S/C20H24N4O3/c1-5-24-14(2)16(11-21-24)12-23(4)20(25)19-18(15(3)27-22-19)13-26-17-9-7-6-8-10-17/h6-11H,5,12-13H2,1-4H3. The number of hydrogen-bond acceptors (Lipinski definition) is 5. The van der Waals surface area contributed by atoms with Gasteiger partial charge in [-0.3, -0.25) is 9.48 Å². The average molecular weight is 368 g/mol. The van der Waals surface area contributed by atoms with Gasteiger partial charge < -0.3 is 14.2 Å². The molecule has 0 saturated heterocycles. The summed E-state index contributed by atoms with van der Waals surface area (Å²) >= 11 is 0. The van der Waals surface area contributed by atoms with Crippen LogP contribution in [0.1, 0.15) is 40.0 Å². The Kier molecular flexibility index (Phi) is 5.59. The molecule has 0 fully saturated rings. The molecular formula is C20H24N4O3. The van der Waals surface area contributed by atoms with Crippen LogP contribution in [0.3, 0.4) is 0 Å². The van der Waals surface area contributed by atoms with Crippen LogP contribution in [0.25, 0.3) is 0 Å². The van der Waals surface area contributed by atoms with E-state index in [2.05, 4.69) is 10.3 Å². The SMILES string of the molecule is CCn1ncc(CN(C)C(=O)c2noc(C)c2COc2ccccc2)c1C. The first-order valence-electron chi connectivity index (χ1n) is 8.91. The number of benzene rings is 1. The number of amides is 1. The molecule has 0 N–H and O–H groups in total. The van der Waals surface area contributed by atoms with Crippen molar-refractivity contribution in [3.8, 4) is 5.75 Å². The van der Waals surface area contributed by atoms with Crippen molar-refractivity contribution in [2.45, 2.75) is 40.5 Å². The zero-order valence-electron chi connectivity index (χ0n) is 16.1. The number of rotatable bonds is 7. The molecule has 0 bridgehead atoms. The summed E-state index contributed by atoms with van der Waals surface area (Å²) in [6, 6.07) is 9.45. The van der Waals surface area contributed by atoms with Gasteiger partial charge in [0, 0.05) is 31.4 Å². The van der Waals surface area contributed by atoms with Gasteiger partial charge in [0.25, 0.3) is 5.91 Å². The Labute approximate surface area is 158 Å². The van der Waals surface area contributed by atoms with E-state index in [1.807, 2.05) is 48.9 Å². The van der Waals surface area contributed by atoms with Gasteiger partial charge in [0.05, 0.1) is 11.8 Å². The predicted octanol–water partition coefficient (Wildman–Crippen LogP) is 3.36. The van der Waals surface area contributed by atoms with E-state index in [-0.39, 0.29) is 18.2 Å². The van der Waals surface area contributed by atoms with Crippen LogP contribution >= 0.6 is 0 Å². The van der Waals surface area contributed by atoms with Gasteiger partial charge in [0.1, 0.15) is 18.1 Å². The average Bonchev–Trinajstić information content (AvgIpc) is 3.22. The van der Waals surface area contributed by atoms with E-state index < -0.39 is 0 Å². The summed E-state index contributed by atoms with van der Waals surface area (Å²) in [7, 11) is 1.75. The van der Waals surface area contributed by atoms with E-state index in [4.69, 9.17) is 9.26 Å². The molecule has 142 valence electrons. The van der Waals surface area contributed by atoms with Crippen LogP contribution in [0, 0.1) is 13.8 Å². The molecule has 0 radical (unpaired) electrons. The first-order valence-corrected chi connectivity index (χ1v) is 8.91. The van der Waals surface area contributed by atoms with Crippen molar-refractivity contribution < 1.29 is 14.1 Å². The molecule has 0 saturated carbocycles. The highest BCUT2D eigenvalue weighted by Gasteiger charge is 2.24. The van der Waals surface area contributed by atoms with Crippen LogP contribution in [0.5, 0.6) is 5.75 Å². The second-order valence-corrected chi connectivity index (χ2v) is 6.40. The Bertz CT molecular complexity index is 915. The highest BCUT2D eigenvalue weighted by Crippen LogP contribution is 2.20. The topological polar surface area (TPSA) is 73.4 Å². The van der Waals surface area contributed by atoms with Crippen LogP contribution in [-0.4, -0.2) is 32.8 Å². The van der Waals surface area contributed by atoms with E-state index >= 15 is 0 Å². The minimum atomic E-state index is -0.206. The molecule has 27 heavy (non-hydrogen) atoms. The Morgan fingerprint density at radius 3 is 2.67 bits per heavy atom. The number of carbonyl (C=O) groups is 1. The number of hydrogen-bond donors (Lipinski definition) is 0.